The third-order valence-corrected chi connectivity index (χ3v) is 5.09. The average Bonchev–Trinajstić information content (AvgIpc) is 3.05. The molecule has 114 valence electrons. The van der Waals surface area contributed by atoms with Gasteiger partial charge in [0.25, 0.3) is 5.91 Å². The van der Waals surface area contributed by atoms with Gasteiger partial charge >= 0.3 is 0 Å². The number of halogens is 1. The molecule has 0 N–H and O–H groups in total. The molecule has 5 nitrogen and oxygen atoms in total. The van der Waals surface area contributed by atoms with Gasteiger partial charge in [-0.25, -0.2) is 0 Å². The SMILES string of the molecule is CC(C)n1nccc1C(=O)N=c1sc2cccc(Br)c2n1C. The Hall–Kier alpha value is -1.73. The van der Waals surface area contributed by atoms with Gasteiger partial charge in [0.05, 0.1) is 10.2 Å². The Morgan fingerprint density at radius 2 is 2.14 bits per heavy atom. The number of hydrogen-bond acceptors (Lipinski definition) is 3. The molecule has 0 saturated heterocycles. The van der Waals surface area contributed by atoms with Crippen molar-refractivity contribution in [3.8, 4) is 0 Å². The summed E-state index contributed by atoms with van der Waals surface area (Å²) in [6, 6.07) is 7.80. The molecular weight excluding hydrogens is 364 g/mol. The van der Waals surface area contributed by atoms with E-state index >= 15 is 0 Å². The van der Waals surface area contributed by atoms with Crippen LogP contribution in [0.5, 0.6) is 0 Å². The predicted molar refractivity (Wildman–Crippen MR) is 91.0 cm³/mol. The molecule has 0 radical (unpaired) electrons. The van der Waals surface area contributed by atoms with Crippen LogP contribution in [-0.2, 0) is 7.05 Å². The first-order valence-corrected chi connectivity index (χ1v) is 8.46. The zero-order valence-electron chi connectivity index (χ0n) is 12.4. The van der Waals surface area contributed by atoms with Crippen LogP contribution in [0.1, 0.15) is 30.4 Å². The fourth-order valence-electron chi connectivity index (χ4n) is 2.30. The van der Waals surface area contributed by atoms with Crippen LogP contribution < -0.4 is 4.80 Å². The number of aromatic nitrogens is 3. The first-order valence-electron chi connectivity index (χ1n) is 6.85. The number of carbonyl (C=O) groups excluding carboxylic acids is 1. The fraction of sp³-hybridized carbons (Fsp3) is 0.267. The van der Waals surface area contributed by atoms with Gasteiger partial charge in [0, 0.05) is 23.8 Å². The number of benzene rings is 1. The molecule has 0 aliphatic carbocycles. The van der Waals surface area contributed by atoms with Crippen molar-refractivity contribution in [2.75, 3.05) is 0 Å². The summed E-state index contributed by atoms with van der Waals surface area (Å²) in [5, 5.41) is 4.18. The molecule has 3 rings (SSSR count). The van der Waals surface area contributed by atoms with Crippen LogP contribution in [0.15, 0.2) is 39.9 Å². The van der Waals surface area contributed by atoms with E-state index in [4.69, 9.17) is 0 Å². The molecule has 0 aliphatic heterocycles. The Kier molecular flexibility index (Phi) is 4.01. The minimum absolute atomic E-state index is 0.120. The van der Waals surface area contributed by atoms with E-state index in [0.29, 0.717) is 10.5 Å². The standard InChI is InChI=1S/C15H15BrN4OS/c1-9(2)20-11(7-8-17-20)14(21)18-15-19(3)13-10(16)5-4-6-12(13)22-15/h4-9H,1-3H3. The molecule has 0 unspecified atom stereocenters. The molecule has 0 spiro atoms. The van der Waals surface area contributed by atoms with E-state index in [9.17, 15) is 4.79 Å². The molecule has 3 aromatic rings. The van der Waals surface area contributed by atoms with E-state index in [2.05, 4.69) is 26.0 Å². The zero-order valence-corrected chi connectivity index (χ0v) is 14.8. The summed E-state index contributed by atoms with van der Waals surface area (Å²) in [7, 11) is 1.91. The molecule has 2 heterocycles. The first-order chi connectivity index (χ1) is 10.5. The third kappa shape index (κ3) is 2.55. The molecular formula is C15H15BrN4OS. The van der Waals surface area contributed by atoms with Crippen LogP contribution in [0, 0.1) is 0 Å². The maximum Gasteiger partial charge on any atom is 0.297 e. The van der Waals surface area contributed by atoms with Crippen molar-refractivity contribution in [3.05, 3.63) is 45.4 Å². The van der Waals surface area contributed by atoms with E-state index in [1.165, 1.54) is 11.3 Å². The molecule has 7 heteroatoms. The van der Waals surface area contributed by atoms with E-state index in [0.717, 1.165) is 14.7 Å². The highest BCUT2D eigenvalue weighted by Gasteiger charge is 2.14. The van der Waals surface area contributed by atoms with Gasteiger partial charge in [-0.1, -0.05) is 17.4 Å². The first kappa shape index (κ1) is 15.2. The molecule has 0 aliphatic rings. The average molecular weight is 379 g/mol. The van der Waals surface area contributed by atoms with Crippen LogP contribution in [-0.4, -0.2) is 20.3 Å². The smallest absolute Gasteiger partial charge is 0.297 e. The Bertz CT molecular complexity index is 919. The molecule has 1 aromatic carbocycles. The number of amides is 1. The Morgan fingerprint density at radius 1 is 1.36 bits per heavy atom. The number of hydrogen-bond donors (Lipinski definition) is 0. The fourth-order valence-corrected chi connectivity index (χ4v) is 4.11. The summed E-state index contributed by atoms with van der Waals surface area (Å²) >= 11 is 5.04. The molecule has 0 bridgehead atoms. The highest BCUT2D eigenvalue weighted by molar-refractivity contribution is 9.10. The van der Waals surface area contributed by atoms with Crippen molar-refractivity contribution in [1.82, 2.24) is 14.3 Å². The molecule has 1 amide bonds. The van der Waals surface area contributed by atoms with Gasteiger partial charge in [0.1, 0.15) is 5.69 Å². The number of aryl methyl sites for hydroxylation is 1. The van der Waals surface area contributed by atoms with E-state index in [1.807, 2.05) is 43.7 Å². The minimum Gasteiger partial charge on any atom is -0.318 e. The highest BCUT2D eigenvalue weighted by atomic mass is 79.9. The second kappa shape index (κ2) is 5.81. The molecule has 0 saturated carbocycles. The van der Waals surface area contributed by atoms with E-state index < -0.39 is 0 Å². The Balaban J connectivity index is 2.13. The quantitative estimate of drug-likeness (QED) is 0.684. The monoisotopic (exact) mass is 378 g/mol. The maximum atomic E-state index is 12.5. The van der Waals surface area contributed by atoms with Gasteiger partial charge in [-0.2, -0.15) is 10.1 Å². The summed E-state index contributed by atoms with van der Waals surface area (Å²) in [6.07, 6.45) is 1.63. The van der Waals surface area contributed by atoms with E-state index in [1.54, 1.807) is 16.9 Å². The van der Waals surface area contributed by atoms with Crippen molar-refractivity contribution < 1.29 is 4.79 Å². The van der Waals surface area contributed by atoms with Crippen LogP contribution in [0.3, 0.4) is 0 Å². The van der Waals surface area contributed by atoms with Crippen molar-refractivity contribution >= 4 is 43.4 Å². The largest absolute Gasteiger partial charge is 0.318 e. The lowest BCUT2D eigenvalue weighted by Crippen LogP contribution is -2.16. The second-order valence-electron chi connectivity index (χ2n) is 5.20. The summed E-state index contributed by atoms with van der Waals surface area (Å²) in [6.45, 7) is 3.97. The van der Waals surface area contributed by atoms with Crippen LogP contribution in [0.2, 0.25) is 0 Å². The molecule has 0 fully saturated rings. The molecule has 22 heavy (non-hydrogen) atoms. The third-order valence-electron chi connectivity index (χ3n) is 3.35. The lowest BCUT2D eigenvalue weighted by atomic mass is 10.3. The zero-order chi connectivity index (χ0) is 15.9. The Morgan fingerprint density at radius 3 is 2.82 bits per heavy atom. The van der Waals surface area contributed by atoms with Gasteiger partial charge in [0.2, 0.25) is 0 Å². The van der Waals surface area contributed by atoms with Crippen molar-refractivity contribution in [2.45, 2.75) is 19.9 Å². The normalized spacial score (nSPS) is 12.5. The summed E-state index contributed by atoms with van der Waals surface area (Å²) < 4.78 is 5.69. The minimum atomic E-state index is -0.274. The Labute approximate surface area is 140 Å². The van der Waals surface area contributed by atoms with Gasteiger partial charge in [-0.05, 0) is 48.0 Å². The number of rotatable bonds is 2. The topological polar surface area (TPSA) is 52.2 Å². The van der Waals surface area contributed by atoms with Crippen molar-refractivity contribution in [2.24, 2.45) is 12.0 Å². The van der Waals surface area contributed by atoms with Gasteiger partial charge in [-0.15, -0.1) is 0 Å². The second-order valence-corrected chi connectivity index (χ2v) is 7.07. The van der Waals surface area contributed by atoms with Crippen LogP contribution in [0.25, 0.3) is 10.2 Å². The summed E-state index contributed by atoms with van der Waals surface area (Å²) in [5.41, 5.74) is 1.54. The number of para-hydroxylation sites is 1. The van der Waals surface area contributed by atoms with Gasteiger partial charge in [-0.3, -0.25) is 9.48 Å². The maximum absolute atomic E-state index is 12.5. The lowest BCUT2D eigenvalue weighted by molar-refractivity contribution is 0.0986. The van der Waals surface area contributed by atoms with Crippen LogP contribution in [0.4, 0.5) is 0 Å². The van der Waals surface area contributed by atoms with Crippen LogP contribution >= 0.6 is 27.3 Å². The number of nitrogens with zero attached hydrogens (tertiary/aromatic N) is 4. The van der Waals surface area contributed by atoms with Crippen molar-refractivity contribution in [3.63, 3.8) is 0 Å². The summed E-state index contributed by atoms with van der Waals surface area (Å²) in [5.74, 6) is -0.274. The molecule has 2 aromatic heterocycles. The molecule has 0 atom stereocenters. The summed E-state index contributed by atoms with van der Waals surface area (Å²) in [4.78, 5) is 17.4. The number of carbonyl (C=O) groups is 1. The predicted octanol–water partition coefficient (Wildman–Crippen LogP) is 3.52. The highest BCUT2D eigenvalue weighted by Crippen LogP contribution is 2.24. The van der Waals surface area contributed by atoms with Gasteiger partial charge in [0.15, 0.2) is 4.80 Å². The van der Waals surface area contributed by atoms with Crippen molar-refractivity contribution in [1.29, 1.82) is 0 Å². The lowest BCUT2D eigenvalue weighted by Gasteiger charge is -2.07. The van der Waals surface area contributed by atoms with Gasteiger partial charge < -0.3 is 4.57 Å². The van der Waals surface area contributed by atoms with E-state index in [-0.39, 0.29) is 11.9 Å². The number of fused-ring (bicyclic) bond motifs is 1. The number of thiazole rings is 1.